The number of hydrogen-bond acceptors (Lipinski definition) is 3. The quantitative estimate of drug-likeness (QED) is 0.634. The van der Waals surface area contributed by atoms with Crippen LogP contribution in [-0.4, -0.2) is 33.8 Å². The van der Waals surface area contributed by atoms with E-state index in [1.54, 1.807) is 0 Å². The molecule has 0 aromatic heterocycles. The first-order chi connectivity index (χ1) is 6.53. The van der Waals surface area contributed by atoms with E-state index in [-0.39, 0.29) is 11.8 Å². The molecular weight excluding hydrogens is 200 g/mol. The van der Waals surface area contributed by atoms with E-state index in [2.05, 4.69) is 17.0 Å². The molecule has 84 valence electrons. The summed E-state index contributed by atoms with van der Waals surface area (Å²) in [7, 11) is -1.20. The lowest BCUT2D eigenvalue weighted by molar-refractivity contribution is 0.270. The second kappa shape index (κ2) is 5.09. The fourth-order valence-corrected chi connectivity index (χ4v) is 3.09. The van der Waals surface area contributed by atoms with Crippen molar-refractivity contribution in [2.75, 3.05) is 19.3 Å². The van der Waals surface area contributed by atoms with Crippen LogP contribution in [0.4, 0.5) is 0 Å². The summed E-state index contributed by atoms with van der Waals surface area (Å²) in [5.74, 6) is 0.915. The van der Waals surface area contributed by atoms with Gasteiger partial charge < -0.3 is 5.32 Å². The predicted molar refractivity (Wildman–Crippen MR) is 57.7 cm³/mol. The van der Waals surface area contributed by atoms with Crippen molar-refractivity contribution >= 4 is 10.0 Å². The van der Waals surface area contributed by atoms with Crippen molar-refractivity contribution in [1.82, 2.24) is 10.0 Å². The van der Waals surface area contributed by atoms with Gasteiger partial charge in [-0.1, -0.05) is 6.92 Å². The van der Waals surface area contributed by atoms with Gasteiger partial charge in [-0.05, 0) is 38.8 Å². The van der Waals surface area contributed by atoms with Crippen molar-refractivity contribution in [3.63, 3.8) is 0 Å². The van der Waals surface area contributed by atoms with Gasteiger partial charge in [-0.3, -0.25) is 0 Å². The van der Waals surface area contributed by atoms with E-state index >= 15 is 0 Å². The molecule has 0 aromatic carbocycles. The molecule has 0 amide bonds. The van der Waals surface area contributed by atoms with E-state index < -0.39 is 10.0 Å². The van der Waals surface area contributed by atoms with Crippen molar-refractivity contribution in [3.05, 3.63) is 0 Å². The van der Waals surface area contributed by atoms with Gasteiger partial charge in [-0.25, -0.2) is 13.1 Å². The van der Waals surface area contributed by atoms with Crippen LogP contribution < -0.4 is 10.0 Å². The smallest absolute Gasteiger partial charge is 0.211 e. The molecule has 2 N–H and O–H groups in total. The lowest BCUT2D eigenvalue weighted by atomic mass is 9.83. The maximum absolute atomic E-state index is 11.5. The summed E-state index contributed by atoms with van der Waals surface area (Å²) in [6.45, 7) is 2.90. The Morgan fingerprint density at radius 1 is 1.36 bits per heavy atom. The minimum atomic E-state index is -3.03. The highest BCUT2D eigenvalue weighted by atomic mass is 32.2. The Balaban J connectivity index is 2.21. The first kappa shape index (κ1) is 11.9. The monoisotopic (exact) mass is 220 g/mol. The van der Waals surface area contributed by atoms with Gasteiger partial charge in [0.25, 0.3) is 0 Å². The minimum Gasteiger partial charge on any atom is -0.320 e. The first-order valence-electron chi connectivity index (χ1n) is 5.18. The highest BCUT2D eigenvalue weighted by Gasteiger charge is 2.28. The fourth-order valence-electron chi connectivity index (χ4n) is 1.75. The molecule has 0 aliphatic heterocycles. The van der Waals surface area contributed by atoms with Crippen LogP contribution >= 0.6 is 0 Å². The molecule has 1 aliphatic rings. The summed E-state index contributed by atoms with van der Waals surface area (Å²) in [6, 6.07) is 0.199. The molecule has 0 unspecified atom stereocenters. The van der Waals surface area contributed by atoms with Gasteiger partial charge >= 0.3 is 0 Å². The molecule has 1 aliphatic carbocycles. The summed E-state index contributed by atoms with van der Waals surface area (Å²) < 4.78 is 25.7. The highest BCUT2D eigenvalue weighted by Crippen LogP contribution is 2.26. The van der Waals surface area contributed by atoms with Crippen LogP contribution in [-0.2, 0) is 10.0 Å². The van der Waals surface area contributed by atoms with Crippen molar-refractivity contribution in [2.24, 2.45) is 5.92 Å². The highest BCUT2D eigenvalue weighted by molar-refractivity contribution is 7.89. The van der Waals surface area contributed by atoms with Crippen LogP contribution in [0, 0.1) is 5.92 Å². The lowest BCUT2D eigenvalue weighted by Crippen LogP contribution is -2.44. The molecule has 1 fully saturated rings. The zero-order chi connectivity index (χ0) is 10.6. The van der Waals surface area contributed by atoms with Gasteiger partial charge in [0.05, 0.1) is 5.75 Å². The Morgan fingerprint density at radius 2 is 2.00 bits per heavy atom. The normalized spacial score (nSPS) is 27.3. The average molecular weight is 220 g/mol. The summed E-state index contributed by atoms with van der Waals surface area (Å²) in [6.07, 6.45) is 2.66. The third-order valence-electron chi connectivity index (χ3n) is 2.56. The van der Waals surface area contributed by atoms with Gasteiger partial charge in [-0.15, -0.1) is 0 Å². The Labute approximate surface area is 86.5 Å². The summed E-state index contributed by atoms with van der Waals surface area (Å²) in [5.41, 5.74) is 0. The van der Waals surface area contributed by atoms with E-state index in [0.717, 1.165) is 19.4 Å². The van der Waals surface area contributed by atoms with E-state index in [1.165, 1.54) is 0 Å². The van der Waals surface area contributed by atoms with Crippen molar-refractivity contribution in [2.45, 2.75) is 32.2 Å². The van der Waals surface area contributed by atoms with Crippen molar-refractivity contribution in [1.29, 1.82) is 0 Å². The molecule has 0 radical (unpaired) electrons. The van der Waals surface area contributed by atoms with Crippen LogP contribution in [0.2, 0.25) is 0 Å². The number of nitrogens with one attached hydrogen (secondary N) is 2. The van der Waals surface area contributed by atoms with Crippen LogP contribution in [0.1, 0.15) is 26.2 Å². The van der Waals surface area contributed by atoms with E-state index in [9.17, 15) is 8.42 Å². The van der Waals surface area contributed by atoms with Crippen molar-refractivity contribution in [3.8, 4) is 0 Å². The molecule has 0 aromatic rings. The molecule has 5 heteroatoms. The SMILES string of the molecule is CNCCCS(=O)(=O)NC1CC(C)C1. The molecule has 0 atom stereocenters. The van der Waals surface area contributed by atoms with E-state index in [1.807, 2.05) is 7.05 Å². The van der Waals surface area contributed by atoms with Gasteiger partial charge in [0, 0.05) is 6.04 Å². The second-order valence-corrected chi connectivity index (χ2v) is 6.04. The Hall–Kier alpha value is -0.130. The third kappa shape index (κ3) is 3.94. The maximum Gasteiger partial charge on any atom is 0.211 e. The summed E-state index contributed by atoms with van der Waals surface area (Å²) >= 11 is 0. The molecule has 0 saturated heterocycles. The molecule has 4 nitrogen and oxygen atoms in total. The fraction of sp³-hybridized carbons (Fsp3) is 1.00. The Kier molecular flexibility index (Phi) is 4.34. The van der Waals surface area contributed by atoms with Crippen LogP contribution in [0.3, 0.4) is 0 Å². The van der Waals surface area contributed by atoms with Crippen LogP contribution in [0.5, 0.6) is 0 Å². The molecule has 0 bridgehead atoms. The zero-order valence-corrected chi connectivity index (χ0v) is 9.73. The minimum absolute atomic E-state index is 0.199. The van der Waals surface area contributed by atoms with Gasteiger partial charge in [0.15, 0.2) is 0 Å². The largest absolute Gasteiger partial charge is 0.320 e. The molecule has 0 heterocycles. The molecule has 14 heavy (non-hydrogen) atoms. The standard InChI is InChI=1S/C9H20N2O2S/c1-8-6-9(7-8)11-14(12,13)5-3-4-10-2/h8-11H,3-7H2,1-2H3. The number of rotatable bonds is 6. The molecule has 1 saturated carbocycles. The van der Waals surface area contributed by atoms with Gasteiger partial charge in [0.1, 0.15) is 0 Å². The first-order valence-corrected chi connectivity index (χ1v) is 6.83. The van der Waals surface area contributed by atoms with E-state index in [0.29, 0.717) is 12.3 Å². The number of sulfonamides is 1. The third-order valence-corrected chi connectivity index (χ3v) is 4.08. The number of hydrogen-bond donors (Lipinski definition) is 2. The second-order valence-electron chi connectivity index (χ2n) is 4.17. The topological polar surface area (TPSA) is 58.2 Å². The Morgan fingerprint density at radius 3 is 2.50 bits per heavy atom. The van der Waals surface area contributed by atoms with Crippen LogP contribution in [0.25, 0.3) is 0 Å². The lowest BCUT2D eigenvalue weighted by Gasteiger charge is -2.32. The summed E-state index contributed by atoms with van der Waals surface area (Å²) in [5, 5.41) is 2.94. The molecule has 1 rings (SSSR count). The van der Waals surface area contributed by atoms with Gasteiger partial charge in [0.2, 0.25) is 10.0 Å². The Bertz CT molecular complexity index is 258. The van der Waals surface area contributed by atoms with Crippen molar-refractivity contribution < 1.29 is 8.42 Å². The van der Waals surface area contributed by atoms with Gasteiger partial charge in [-0.2, -0.15) is 0 Å². The summed E-state index contributed by atoms with van der Waals surface area (Å²) in [4.78, 5) is 0. The maximum atomic E-state index is 11.5. The predicted octanol–water partition coefficient (Wildman–Crippen LogP) is 0.314. The molecule has 0 spiro atoms. The van der Waals surface area contributed by atoms with Crippen LogP contribution in [0.15, 0.2) is 0 Å². The zero-order valence-electron chi connectivity index (χ0n) is 8.91. The molecular formula is C9H20N2O2S. The van der Waals surface area contributed by atoms with E-state index in [4.69, 9.17) is 0 Å². The average Bonchev–Trinajstić information content (AvgIpc) is 2.01.